The maximum Gasteiger partial charge on any atom is 0.275 e. The second kappa shape index (κ2) is 4.27. The Labute approximate surface area is 106 Å². The molecule has 0 aliphatic carbocycles. The average molecular weight is 272 g/mol. The van der Waals surface area contributed by atoms with Crippen molar-refractivity contribution in [2.45, 2.75) is 0 Å². The second-order valence-corrected chi connectivity index (χ2v) is 4.02. The first kappa shape index (κ1) is 11.8. The molecule has 0 bridgehead atoms. The number of nitrogens with zero attached hydrogens (tertiary/aromatic N) is 2. The third-order valence-corrected chi connectivity index (χ3v) is 2.91. The molecule has 0 saturated heterocycles. The summed E-state index contributed by atoms with van der Waals surface area (Å²) in [6.07, 6.45) is 0. The maximum atomic E-state index is 11.6. The smallest absolute Gasteiger partial charge is 0.275 e. The van der Waals surface area contributed by atoms with E-state index in [1.54, 1.807) is 18.2 Å². The van der Waals surface area contributed by atoms with Crippen molar-refractivity contribution in [3.8, 4) is 11.4 Å². The van der Waals surface area contributed by atoms with Gasteiger partial charge in [-0.15, -0.1) is 5.10 Å². The van der Waals surface area contributed by atoms with Gasteiger partial charge in [0.25, 0.3) is 5.56 Å². The number of nitrogen functional groups attached to an aromatic ring is 1. The zero-order chi connectivity index (χ0) is 12.6. The van der Waals surface area contributed by atoms with Crippen LogP contribution in [0.25, 0.3) is 5.69 Å². The monoisotopic (exact) mass is 271 g/mol. The molecule has 1 aromatic carbocycles. The Balaban J connectivity index is 2.73. The Morgan fingerprint density at radius 1 is 1.35 bits per heavy atom. The maximum absolute atomic E-state index is 11.6. The zero-order valence-corrected chi connectivity index (χ0v) is 9.90. The highest BCUT2D eigenvalue weighted by atomic mass is 35.5. The van der Waals surface area contributed by atoms with Gasteiger partial charge in [0.05, 0.1) is 21.8 Å². The lowest BCUT2D eigenvalue weighted by molar-refractivity contribution is 0.471. The Morgan fingerprint density at radius 3 is 2.76 bits per heavy atom. The van der Waals surface area contributed by atoms with Crippen molar-refractivity contribution in [2.75, 3.05) is 5.73 Å². The molecule has 0 amide bonds. The highest BCUT2D eigenvalue weighted by Gasteiger charge is 2.11. The fourth-order valence-electron chi connectivity index (χ4n) is 1.29. The van der Waals surface area contributed by atoms with Crippen molar-refractivity contribution < 1.29 is 5.11 Å². The number of hydrogen-bond acceptors (Lipinski definition) is 4. The van der Waals surface area contributed by atoms with E-state index in [4.69, 9.17) is 28.9 Å². The average Bonchev–Trinajstić information content (AvgIpc) is 2.28. The Bertz CT molecular complexity index is 640. The lowest BCUT2D eigenvalue weighted by atomic mass is 10.3. The summed E-state index contributed by atoms with van der Waals surface area (Å²) in [7, 11) is 0. The highest BCUT2D eigenvalue weighted by molar-refractivity contribution is 6.43. The summed E-state index contributed by atoms with van der Waals surface area (Å²) in [5.74, 6) is -0.537. The molecule has 2 rings (SSSR count). The predicted octanol–water partition coefficient (Wildman–Crippen LogP) is 1.83. The van der Waals surface area contributed by atoms with Crippen LogP contribution in [-0.4, -0.2) is 14.9 Å². The van der Waals surface area contributed by atoms with E-state index < -0.39 is 5.56 Å². The molecule has 0 fully saturated rings. The third kappa shape index (κ3) is 2.07. The summed E-state index contributed by atoms with van der Waals surface area (Å²) in [5.41, 5.74) is 5.17. The van der Waals surface area contributed by atoms with E-state index >= 15 is 0 Å². The number of aromatic hydroxyl groups is 1. The minimum Gasteiger partial charge on any atom is -0.504 e. The van der Waals surface area contributed by atoms with Crippen LogP contribution < -0.4 is 11.3 Å². The minimum absolute atomic E-state index is 0.166. The normalized spacial score (nSPS) is 10.5. The molecule has 0 aliphatic rings. The van der Waals surface area contributed by atoms with Gasteiger partial charge in [0.2, 0.25) is 0 Å². The van der Waals surface area contributed by atoms with Crippen LogP contribution in [0, 0.1) is 0 Å². The first-order chi connectivity index (χ1) is 8.00. The van der Waals surface area contributed by atoms with E-state index in [9.17, 15) is 9.90 Å². The molecular weight excluding hydrogens is 265 g/mol. The van der Waals surface area contributed by atoms with Gasteiger partial charge in [0.1, 0.15) is 0 Å². The van der Waals surface area contributed by atoms with Gasteiger partial charge in [0.15, 0.2) is 11.6 Å². The Kier molecular flexibility index (Phi) is 2.95. The van der Waals surface area contributed by atoms with Gasteiger partial charge in [0, 0.05) is 0 Å². The fraction of sp³-hybridized carbons (Fsp3) is 0. The van der Waals surface area contributed by atoms with Crippen molar-refractivity contribution in [3.63, 3.8) is 0 Å². The van der Waals surface area contributed by atoms with E-state index in [1.165, 1.54) is 0 Å². The highest BCUT2D eigenvalue weighted by Crippen LogP contribution is 2.27. The summed E-state index contributed by atoms with van der Waals surface area (Å²) in [4.78, 5) is 11.6. The number of benzene rings is 1. The summed E-state index contributed by atoms with van der Waals surface area (Å²) in [5, 5.41) is 13.5. The molecule has 5 nitrogen and oxygen atoms in total. The topological polar surface area (TPSA) is 81.1 Å². The molecule has 0 spiro atoms. The van der Waals surface area contributed by atoms with Crippen LogP contribution in [0.3, 0.4) is 0 Å². The number of hydrogen-bond donors (Lipinski definition) is 2. The van der Waals surface area contributed by atoms with Crippen LogP contribution >= 0.6 is 23.2 Å². The molecule has 17 heavy (non-hydrogen) atoms. The standard InChI is InChI=1S/C10H7Cl2N3O2/c11-5-2-1-3-6(9(5)12)15-8(17)4-7(16)10(13)14-15/h1-4,16H,(H2,13,14). The molecule has 0 aliphatic heterocycles. The summed E-state index contributed by atoms with van der Waals surface area (Å²) < 4.78 is 0.975. The van der Waals surface area contributed by atoms with E-state index in [0.29, 0.717) is 10.7 Å². The fourth-order valence-corrected chi connectivity index (χ4v) is 1.66. The van der Waals surface area contributed by atoms with E-state index in [2.05, 4.69) is 5.10 Å². The molecule has 1 aromatic heterocycles. The van der Waals surface area contributed by atoms with Crippen molar-refractivity contribution in [2.24, 2.45) is 0 Å². The first-order valence-electron chi connectivity index (χ1n) is 4.54. The molecular formula is C10H7Cl2N3O2. The van der Waals surface area contributed by atoms with Gasteiger partial charge in [-0.05, 0) is 12.1 Å². The number of rotatable bonds is 1. The summed E-state index contributed by atoms with van der Waals surface area (Å²) in [6.45, 7) is 0. The molecule has 0 atom stereocenters. The van der Waals surface area contributed by atoms with Crippen LogP contribution in [0.1, 0.15) is 0 Å². The lowest BCUT2D eigenvalue weighted by Crippen LogP contribution is -2.21. The van der Waals surface area contributed by atoms with Crippen LogP contribution in [0.2, 0.25) is 10.0 Å². The quantitative estimate of drug-likeness (QED) is 0.829. The molecule has 0 radical (unpaired) electrons. The number of halogens is 2. The SMILES string of the molecule is Nc1nn(-c2cccc(Cl)c2Cl)c(=O)cc1O. The third-order valence-electron chi connectivity index (χ3n) is 2.10. The van der Waals surface area contributed by atoms with Crippen LogP contribution in [0.5, 0.6) is 5.75 Å². The number of nitrogens with two attached hydrogens (primary N) is 1. The minimum atomic E-state index is -0.555. The Hall–Kier alpha value is -1.72. The zero-order valence-electron chi connectivity index (χ0n) is 8.39. The lowest BCUT2D eigenvalue weighted by Gasteiger charge is -2.08. The Morgan fingerprint density at radius 2 is 2.06 bits per heavy atom. The van der Waals surface area contributed by atoms with Crippen molar-refractivity contribution in [1.29, 1.82) is 0 Å². The number of aromatic nitrogens is 2. The van der Waals surface area contributed by atoms with Gasteiger partial charge in [-0.1, -0.05) is 29.3 Å². The molecule has 1 heterocycles. The summed E-state index contributed by atoms with van der Waals surface area (Å²) in [6, 6.07) is 5.74. The number of anilines is 1. The van der Waals surface area contributed by atoms with E-state index in [-0.39, 0.29) is 16.6 Å². The van der Waals surface area contributed by atoms with E-state index in [1.807, 2.05) is 0 Å². The van der Waals surface area contributed by atoms with E-state index in [0.717, 1.165) is 10.7 Å². The molecule has 88 valence electrons. The van der Waals surface area contributed by atoms with Gasteiger partial charge < -0.3 is 10.8 Å². The predicted molar refractivity (Wildman–Crippen MR) is 65.9 cm³/mol. The van der Waals surface area contributed by atoms with Crippen molar-refractivity contribution >= 4 is 29.0 Å². The van der Waals surface area contributed by atoms with Crippen LogP contribution in [0.15, 0.2) is 29.1 Å². The molecule has 2 aromatic rings. The van der Waals surface area contributed by atoms with Gasteiger partial charge in [-0.3, -0.25) is 4.79 Å². The largest absolute Gasteiger partial charge is 0.504 e. The first-order valence-corrected chi connectivity index (χ1v) is 5.29. The second-order valence-electron chi connectivity index (χ2n) is 3.24. The molecule has 3 N–H and O–H groups in total. The van der Waals surface area contributed by atoms with Crippen molar-refractivity contribution in [1.82, 2.24) is 9.78 Å². The molecule has 7 heteroatoms. The summed E-state index contributed by atoms with van der Waals surface area (Å²) >= 11 is 11.8. The van der Waals surface area contributed by atoms with Crippen LogP contribution in [0.4, 0.5) is 5.82 Å². The van der Waals surface area contributed by atoms with Gasteiger partial charge >= 0.3 is 0 Å². The molecule has 0 unspecified atom stereocenters. The molecule has 0 saturated carbocycles. The van der Waals surface area contributed by atoms with Crippen molar-refractivity contribution in [3.05, 3.63) is 44.7 Å². The van der Waals surface area contributed by atoms with Gasteiger partial charge in [-0.2, -0.15) is 4.68 Å². The van der Waals surface area contributed by atoms with Crippen LogP contribution in [-0.2, 0) is 0 Å². The van der Waals surface area contributed by atoms with Gasteiger partial charge in [-0.25, -0.2) is 0 Å².